The quantitative estimate of drug-likeness (QED) is 0.343. The normalized spacial score (nSPS) is 7.83. The Labute approximate surface area is 37.2 Å². The molecule has 0 aliphatic carbocycles. The molecule has 0 amide bonds. The predicted molar refractivity (Wildman–Crippen MR) is 24.9 cm³/mol. The van der Waals surface area contributed by atoms with Gasteiger partial charge in [-0.2, -0.15) is 5.26 Å². The van der Waals surface area contributed by atoms with Gasteiger partial charge in [0.15, 0.2) is 0 Å². The Morgan fingerprint density at radius 3 is 2.50 bits per heavy atom. The van der Waals surface area contributed by atoms with Gasteiger partial charge < -0.3 is 0 Å². The van der Waals surface area contributed by atoms with E-state index >= 15 is 0 Å². The summed E-state index contributed by atoms with van der Waals surface area (Å²) in [6, 6.07) is 1.82. The second kappa shape index (κ2) is 3.97. The van der Waals surface area contributed by atoms with E-state index in [1.165, 1.54) is 6.08 Å². The summed E-state index contributed by atoms with van der Waals surface area (Å²) in [5, 5.41) is 7.81. The van der Waals surface area contributed by atoms with Crippen LogP contribution in [0.5, 0.6) is 0 Å². The van der Waals surface area contributed by atoms with E-state index in [1.807, 2.05) is 6.07 Å². The number of allylic oxidation sites excluding steroid dienone is 3. The molecule has 0 spiro atoms. The molecule has 0 aliphatic heterocycles. The SMILES string of the molecule is C=CC=CC#N. The van der Waals surface area contributed by atoms with Crippen LogP contribution in [0.15, 0.2) is 24.8 Å². The molecular formula is C5H5N. The summed E-state index contributed by atoms with van der Waals surface area (Å²) < 4.78 is 0. The zero-order valence-electron chi connectivity index (χ0n) is 3.39. The van der Waals surface area contributed by atoms with Gasteiger partial charge in [-0.05, 0) is 0 Å². The summed E-state index contributed by atoms with van der Waals surface area (Å²) in [7, 11) is 0. The second-order valence-corrected chi connectivity index (χ2v) is 0.724. The first-order chi connectivity index (χ1) is 2.91. The summed E-state index contributed by atoms with van der Waals surface area (Å²) in [5.74, 6) is 0. The zero-order valence-corrected chi connectivity index (χ0v) is 3.39. The molecule has 6 heavy (non-hydrogen) atoms. The Hall–Kier alpha value is -1.03. The highest BCUT2D eigenvalue weighted by Gasteiger charge is 1.50. The predicted octanol–water partition coefficient (Wildman–Crippen LogP) is 1.25. The van der Waals surface area contributed by atoms with Crippen LogP contribution in [0.4, 0.5) is 0 Å². The van der Waals surface area contributed by atoms with Crippen molar-refractivity contribution in [3.05, 3.63) is 24.8 Å². The lowest BCUT2D eigenvalue weighted by molar-refractivity contribution is 1.53. The van der Waals surface area contributed by atoms with E-state index in [1.54, 1.807) is 12.2 Å². The van der Waals surface area contributed by atoms with Crippen LogP contribution < -0.4 is 0 Å². The van der Waals surface area contributed by atoms with Gasteiger partial charge in [0.1, 0.15) is 0 Å². The summed E-state index contributed by atoms with van der Waals surface area (Å²) in [4.78, 5) is 0. The molecular weight excluding hydrogens is 74.1 g/mol. The van der Waals surface area contributed by atoms with E-state index in [4.69, 9.17) is 5.26 Å². The topological polar surface area (TPSA) is 23.8 Å². The van der Waals surface area contributed by atoms with Gasteiger partial charge in [-0.15, -0.1) is 0 Å². The fourth-order valence-corrected chi connectivity index (χ4v) is 0.111. The van der Waals surface area contributed by atoms with Crippen LogP contribution >= 0.6 is 0 Å². The molecule has 0 aromatic heterocycles. The Morgan fingerprint density at radius 2 is 2.33 bits per heavy atom. The maximum absolute atomic E-state index is 7.81. The Balaban J connectivity index is 3.26. The molecule has 0 unspecified atom stereocenters. The molecule has 1 heteroatoms. The lowest BCUT2D eigenvalue weighted by Gasteiger charge is -1.54. The average Bonchev–Trinajstić information content (AvgIpc) is 1.61. The third-order valence-electron chi connectivity index (χ3n) is 0.307. The van der Waals surface area contributed by atoms with E-state index in [9.17, 15) is 0 Å². The van der Waals surface area contributed by atoms with Gasteiger partial charge in [0, 0.05) is 6.08 Å². The third kappa shape index (κ3) is 2.97. The Morgan fingerprint density at radius 1 is 1.67 bits per heavy atom. The van der Waals surface area contributed by atoms with E-state index < -0.39 is 0 Å². The molecule has 0 aliphatic rings. The van der Waals surface area contributed by atoms with Crippen LogP contribution in [0, 0.1) is 11.3 Å². The molecule has 1 nitrogen and oxygen atoms in total. The van der Waals surface area contributed by atoms with Crippen molar-refractivity contribution in [2.45, 2.75) is 0 Å². The van der Waals surface area contributed by atoms with Crippen LogP contribution in [0.2, 0.25) is 0 Å². The van der Waals surface area contributed by atoms with Crippen molar-refractivity contribution in [1.29, 1.82) is 5.26 Å². The molecule has 0 fully saturated rings. The minimum atomic E-state index is 1.37. The largest absolute Gasteiger partial charge is 0.193 e. The van der Waals surface area contributed by atoms with Crippen molar-refractivity contribution in [3.8, 4) is 6.07 Å². The summed E-state index contributed by atoms with van der Waals surface area (Å²) in [6.07, 6.45) is 4.51. The molecule has 0 heterocycles. The maximum Gasteiger partial charge on any atom is 0.0912 e. The molecule has 0 rings (SSSR count). The molecule has 0 saturated heterocycles. The Bertz CT molecular complexity index is 95.0. The Kier molecular flexibility index (Phi) is 3.29. The van der Waals surface area contributed by atoms with Gasteiger partial charge in [-0.25, -0.2) is 0 Å². The molecule has 30 valence electrons. The minimum Gasteiger partial charge on any atom is -0.193 e. The number of nitrogens with zero attached hydrogens (tertiary/aromatic N) is 1. The highest BCUT2D eigenvalue weighted by Crippen LogP contribution is 1.65. The van der Waals surface area contributed by atoms with Crippen LogP contribution in [-0.2, 0) is 0 Å². The van der Waals surface area contributed by atoms with Crippen molar-refractivity contribution in [3.63, 3.8) is 0 Å². The van der Waals surface area contributed by atoms with Gasteiger partial charge in [-0.3, -0.25) is 0 Å². The van der Waals surface area contributed by atoms with Crippen molar-refractivity contribution in [2.24, 2.45) is 0 Å². The standard InChI is InChI=1S/C5H5N/c1-2-3-4-5-6/h2-4H,1H2. The van der Waals surface area contributed by atoms with Crippen molar-refractivity contribution in [2.75, 3.05) is 0 Å². The van der Waals surface area contributed by atoms with Gasteiger partial charge in [0.2, 0.25) is 0 Å². The smallest absolute Gasteiger partial charge is 0.0912 e. The van der Waals surface area contributed by atoms with Gasteiger partial charge >= 0.3 is 0 Å². The number of hydrogen-bond donors (Lipinski definition) is 0. The lowest BCUT2D eigenvalue weighted by atomic mass is 10.5. The first-order valence-electron chi connectivity index (χ1n) is 1.59. The molecule has 0 aromatic carbocycles. The number of nitriles is 1. The average molecular weight is 79.1 g/mol. The minimum absolute atomic E-state index is 1.37. The van der Waals surface area contributed by atoms with Crippen LogP contribution in [0.25, 0.3) is 0 Å². The van der Waals surface area contributed by atoms with Crippen molar-refractivity contribution in [1.82, 2.24) is 0 Å². The van der Waals surface area contributed by atoms with E-state index in [2.05, 4.69) is 6.58 Å². The van der Waals surface area contributed by atoms with Gasteiger partial charge in [0.25, 0.3) is 0 Å². The maximum atomic E-state index is 7.81. The first-order valence-corrected chi connectivity index (χ1v) is 1.59. The highest BCUT2D eigenvalue weighted by molar-refractivity contribution is 5.08. The van der Waals surface area contributed by atoms with E-state index in [0.29, 0.717) is 0 Å². The summed E-state index contributed by atoms with van der Waals surface area (Å²) in [6.45, 7) is 3.36. The molecule has 0 bridgehead atoms. The first kappa shape index (κ1) is 4.97. The van der Waals surface area contributed by atoms with Crippen LogP contribution in [-0.4, -0.2) is 0 Å². The fraction of sp³-hybridized carbons (Fsp3) is 0. The monoisotopic (exact) mass is 79.0 g/mol. The lowest BCUT2D eigenvalue weighted by Crippen LogP contribution is -1.39. The molecule has 0 aromatic rings. The van der Waals surface area contributed by atoms with Crippen molar-refractivity contribution < 1.29 is 0 Å². The van der Waals surface area contributed by atoms with Gasteiger partial charge in [-0.1, -0.05) is 18.7 Å². The molecule has 0 N–H and O–H groups in total. The van der Waals surface area contributed by atoms with Gasteiger partial charge in [0.05, 0.1) is 6.07 Å². The second-order valence-electron chi connectivity index (χ2n) is 0.724. The summed E-state index contributed by atoms with van der Waals surface area (Å²) in [5.41, 5.74) is 0. The molecule has 0 radical (unpaired) electrons. The molecule has 0 saturated carbocycles. The fourth-order valence-electron chi connectivity index (χ4n) is 0.111. The van der Waals surface area contributed by atoms with E-state index in [0.717, 1.165) is 0 Å². The molecule has 0 atom stereocenters. The number of rotatable bonds is 1. The number of hydrogen-bond acceptors (Lipinski definition) is 1. The van der Waals surface area contributed by atoms with Crippen molar-refractivity contribution >= 4 is 0 Å². The zero-order chi connectivity index (χ0) is 4.83. The van der Waals surface area contributed by atoms with E-state index in [-0.39, 0.29) is 0 Å². The van der Waals surface area contributed by atoms with Crippen LogP contribution in [0.3, 0.4) is 0 Å². The summed E-state index contributed by atoms with van der Waals surface area (Å²) >= 11 is 0. The third-order valence-corrected chi connectivity index (χ3v) is 0.307. The van der Waals surface area contributed by atoms with Crippen LogP contribution in [0.1, 0.15) is 0 Å². The highest BCUT2D eigenvalue weighted by atomic mass is 14.2.